The first-order valence-electron chi connectivity index (χ1n) is 9.62. The summed E-state index contributed by atoms with van der Waals surface area (Å²) in [5.41, 5.74) is -0.202. The molecule has 1 unspecified atom stereocenters. The van der Waals surface area contributed by atoms with Crippen LogP contribution in [0.4, 0.5) is 4.79 Å². The minimum absolute atomic E-state index is 0.0645. The van der Waals surface area contributed by atoms with Gasteiger partial charge in [0.25, 0.3) is 5.91 Å². The van der Waals surface area contributed by atoms with Gasteiger partial charge in [-0.15, -0.1) is 0 Å². The average Bonchev–Trinajstić information content (AvgIpc) is 3.21. The van der Waals surface area contributed by atoms with Gasteiger partial charge in [-0.2, -0.15) is 0 Å². The molecule has 2 heterocycles. The molecule has 2 aromatic carbocycles. The van der Waals surface area contributed by atoms with Crippen LogP contribution < -0.4 is 15.4 Å². The van der Waals surface area contributed by atoms with Crippen molar-refractivity contribution in [2.75, 3.05) is 7.11 Å². The summed E-state index contributed by atoms with van der Waals surface area (Å²) in [6, 6.07) is 11.5. The number of nitrogens with zero attached hydrogens (tertiary/aromatic N) is 1. The second kappa shape index (κ2) is 7.70. The van der Waals surface area contributed by atoms with Gasteiger partial charge in [0.05, 0.1) is 19.8 Å². The first-order valence-corrected chi connectivity index (χ1v) is 9.62. The van der Waals surface area contributed by atoms with Crippen molar-refractivity contribution in [3.8, 4) is 23.5 Å². The normalized spacial score (nSPS) is 18.8. The maximum Gasteiger partial charge on any atom is 0.323 e. The van der Waals surface area contributed by atoms with Crippen LogP contribution in [-0.2, 0) is 11.3 Å². The number of imide groups is 1. The number of urea groups is 1. The van der Waals surface area contributed by atoms with Crippen LogP contribution in [0, 0.1) is 11.8 Å². The number of aromatic hydroxyl groups is 1. The molecule has 0 aliphatic carbocycles. The highest BCUT2D eigenvalue weighted by Gasteiger charge is 2.46. The third kappa shape index (κ3) is 3.79. The number of hydrogen-bond acceptors (Lipinski definition) is 5. The zero-order valence-electron chi connectivity index (χ0n) is 17.0. The number of amides is 3. The molecule has 31 heavy (non-hydrogen) atoms. The number of ether oxygens (including phenoxy) is 1. The molecule has 4 N–H and O–H groups in total. The molecule has 0 spiro atoms. The molecule has 8 heteroatoms. The van der Waals surface area contributed by atoms with Crippen molar-refractivity contribution in [3.63, 3.8) is 0 Å². The summed E-state index contributed by atoms with van der Waals surface area (Å²) < 4.78 is 6.67. The molecule has 1 aromatic heterocycles. The average molecular weight is 419 g/mol. The molecule has 4 rings (SSSR count). The van der Waals surface area contributed by atoms with Crippen LogP contribution in [0.5, 0.6) is 11.6 Å². The fourth-order valence-corrected chi connectivity index (χ4v) is 3.48. The second-order valence-corrected chi connectivity index (χ2v) is 7.40. The van der Waals surface area contributed by atoms with Gasteiger partial charge in [0.15, 0.2) is 5.88 Å². The van der Waals surface area contributed by atoms with Gasteiger partial charge in [-0.05, 0) is 42.8 Å². The first-order chi connectivity index (χ1) is 14.8. The van der Waals surface area contributed by atoms with Crippen LogP contribution in [0.1, 0.15) is 24.2 Å². The highest BCUT2D eigenvalue weighted by Crippen LogP contribution is 2.32. The van der Waals surface area contributed by atoms with Crippen molar-refractivity contribution in [1.82, 2.24) is 15.2 Å². The Labute approximate surface area is 178 Å². The van der Waals surface area contributed by atoms with Gasteiger partial charge < -0.3 is 24.8 Å². The number of aromatic nitrogens is 1. The van der Waals surface area contributed by atoms with Crippen LogP contribution in [0.2, 0.25) is 0 Å². The predicted octanol–water partition coefficient (Wildman–Crippen LogP) is 2.04. The van der Waals surface area contributed by atoms with Crippen LogP contribution in [0.25, 0.3) is 10.8 Å². The van der Waals surface area contributed by atoms with E-state index in [0.717, 1.165) is 10.9 Å². The van der Waals surface area contributed by atoms with Gasteiger partial charge in [0.2, 0.25) is 5.54 Å². The minimum atomic E-state index is -1.56. The summed E-state index contributed by atoms with van der Waals surface area (Å²) >= 11 is 0. The lowest BCUT2D eigenvalue weighted by molar-refractivity contribution is -0.122. The highest BCUT2D eigenvalue weighted by atomic mass is 16.5. The second-order valence-electron chi connectivity index (χ2n) is 7.40. The molecule has 2 atom stereocenters. The van der Waals surface area contributed by atoms with E-state index in [1.807, 2.05) is 0 Å². The number of rotatable bonds is 4. The minimum Gasteiger partial charge on any atom is -0.497 e. The molecule has 1 saturated heterocycles. The monoisotopic (exact) mass is 419 g/mol. The summed E-state index contributed by atoms with van der Waals surface area (Å²) in [4.78, 5) is 24.6. The molecule has 1 aliphatic heterocycles. The lowest BCUT2D eigenvalue weighted by Crippen LogP contribution is -2.49. The van der Waals surface area contributed by atoms with E-state index in [1.54, 1.807) is 55.6 Å². The van der Waals surface area contributed by atoms with E-state index in [9.17, 15) is 19.8 Å². The van der Waals surface area contributed by atoms with Crippen LogP contribution in [-0.4, -0.2) is 39.4 Å². The fraction of sp³-hybridized carbons (Fsp3) is 0.217. The van der Waals surface area contributed by atoms with E-state index in [-0.39, 0.29) is 12.4 Å². The van der Waals surface area contributed by atoms with Gasteiger partial charge in [0.1, 0.15) is 5.75 Å². The molecule has 1 aliphatic rings. The molecule has 1 fully saturated rings. The largest absolute Gasteiger partial charge is 0.497 e. The number of fused-ring (bicyclic) bond motifs is 1. The number of benzene rings is 2. The number of methoxy groups -OCH3 is 1. The number of nitrogens with one attached hydrogen (secondary N) is 2. The van der Waals surface area contributed by atoms with Crippen molar-refractivity contribution in [3.05, 3.63) is 59.8 Å². The van der Waals surface area contributed by atoms with E-state index >= 15 is 0 Å². The van der Waals surface area contributed by atoms with E-state index in [1.165, 1.54) is 11.7 Å². The molecule has 0 bridgehead atoms. The predicted molar refractivity (Wildman–Crippen MR) is 114 cm³/mol. The van der Waals surface area contributed by atoms with E-state index in [2.05, 4.69) is 22.5 Å². The maximum absolute atomic E-state index is 12.7. The number of aliphatic hydroxyl groups excluding tert-OH is 1. The standard InChI is InChI=1S/C23H21N3O5/c1-14(27)16-5-3-15(4-6-16)9-10-23(21(29)24-22(30)25-23)13-26-12-17-7-8-18(31-2)11-19(17)20(26)28/h3-8,11-12,14,27-28H,13H2,1-2H3,(H2,24,25,29,30)/t14?,23-/m1/s1. The van der Waals surface area contributed by atoms with E-state index in [0.29, 0.717) is 16.7 Å². The van der Waals surface area contributed by atoms with Gasteiger partial charge in [-0.1, -0.05) is 24.0 Å². The van der Waals surface area contributed by atoms with Gasteiger partial charge in [-0.25, -0.2) is 4.79 Å². The Hall–Kier alpha value is -3.96. The van der Waals surface area contributed by atoms with Crippen molar-refractivity contribution in [2.24, 2.45) is 0 Å². The Bertz CT molecular complexity index is 1230. The molecule has 0 saturated carbocycles. The fourth-order valence-electron chi connectivity index (χ4n) is 3.48. The Morgan fingerprint density at radius 2 is 1.94 bits per heavy atom. The SMILES string of the molecule is COc1ccc2cn(C[C@@]3(C#Cc4ccc(C(C)O)cc4)NC(=O)NC3=O)c(O)c2c1. The molecule has 0 radical (unpaired) electrons. The zero-order valence-corrected chi connectivity index (χ0v) is 17.0. The Morgan fingerprint density at radius 1 is 1.19 bits per heavy atom. The number of aliphatic hydroxyl groups is 1. The smallest absolute Gasteiger partial charge is 0.323 e. The molecule has 3 aromatic rings. The van der Waals surface area contributed by atoms with E-state index < -0.39 is 23.6 Å². The third-order valence-corrected chi connectivity index (χ3v) is 5.23. The summed E-state index contributed by atoms with van der Waals surface area (Å²) in [6.45, 7) is 1.57. The molecular formula is C23H21N3O5. The summed E-state index contributed by atoms with van der Waals surface area (Å²) in [6.07, 6.45) is 1.08. The Balaban J connectivity index is 1.71. The Morgan fingerprint density at radius 3 is 2.55 bits per heavy atom. The van der Waals surface area contributed by atoms with Crippen LogP contribution >= 0.6 is 0 Å². The van der Waals surface area contributed by atoms with Crippen molar-refractivity contribution < 1.29 is 24.5 Å². The molecular weight excluding hydrogens is 398 g/mol. The van der Waals surface area contributed by atoms with E-state index in [4.69, 9.17) is 4.74 Å². The summed E-state index contributed by atoms with van der Waals surface area (Å²) in [7, 11) is 1.53. The molecule has 8 nitrogen and oxygen atoms in total. The van der Waals surface area contributed by atoms with Crippen LogP contribution in [0.3, 0.4) is 0 Å². The van der Waals surface area contributed by atoms with Crippen molar-refractivity contribution in [1.29, 1.82) is 0 Å². The number of carbonyl (C=O) groups excluding carboxylic acids is 2. The molecule has 158 valence electrons. The van der Waals surface area contributed by atoms with Crippen molar-refractivity contribution in [2.45, 2.75) is 25.1 Å². The van der Waals surface area contributed by atoms with Crippen LogP contribution in [0.15, 0.2) is 48.7 Å². The number of carbonyl (C=O) groups is 2. The Kier molecular flexibility index (Phi) is 5.05. The quantitative estimate of drug-likeness (QED) is 0.382. The molecule has 3 amide bonds. The summed E-state index contributed by atoms with van der Waals surface area (Å²) in [5, 5.41) is 26.4. The highest BCUT2D eigenvalue weighted by molar-refractivity contribution is 6.09. The lowest BCUT2D eigenvalue weighted by atomic mass is 9.99. The lowest BCUT2D eigenvalue weighted by Gasteiger charge is -2.20. The van der Waals surface area contributed by atoms with Crippen molar-refractivity contribution >= 4 is 22.7 Å². The topological polar surface area (TPSA) is 113 Å². The summed E-state index contributed by atoms with van der Waals surface area (Å²) in [5.74, 6) is 5.71. The number of hydrogen-bond donors (Lipinski definition) is 4. The third-order valence-electron chi connectivity index (χ3n) is 5.23. The van der Waals surface area contributed by atoms with Gasteiger partial charge in [-0.3, -0.25) is 10.1 Å². The van der Waals surface area contributed by atoms with Gasteiger partial charge in [0, 0.05) is 22.5 Å². The maximum atomic E-state index is 12.7. The van der Waals surface area contributed by atoms with Gasteiger partial charge >= 0.3 is 6.03 Å². The first kappa shape index (κ1) is 20.3. The zero-order chi connectivity index (χ0) is 22.2.